The zero-order valence-electron chi connectivity index (χ0n) is 21.0. The molecule has 2 aliphatic rings. The van der Waals surface area contributed by atoms with Gasteiger partial charge in [0.05, 0.1) is 28.3 Å². The molecule has 200 valence electrons. The van der Waals surface area contributed by atoms with E-state index in [0.717, 1.165) is 42.3 Å². The van der Waals surface area contributed by atoms with Crippen LogP contribution in [0.15, 0.2) is 53.8 Å². The van der Waals surface area contributed by atoms with E-state index in [0.29, 0.717) is 36.5 Å². The van der Waals surface area contributed by atoms with Crippen LogP contribution in [0.1, 0.15) is 54.6 Å². The standard InChI is InChI=1S/C27H29F3N6O2/c1-33-17-31-32-24(33)26(12-21(37)13-26)19-6-5-7-20(11-19)35-16-23-22(27(28,29)30)10-18(15-36(23)25(35)38)14-34-8-3-2-4-9-34/h5-7,10-11,15-17,21,37H,2-4,8-9,12-14H2,1H3. The molecule has 4 aromatic rings. The molecule has 1 N–H and O–H groups in total. The highest BCUT2D eigenvalue weighted by Gasteiger charge is 2.49. The number of hydrogen-bond acceptors (Lipinski definition) is 5. The van der Waals surface area contributed by atoms with Gasteiger partial charge in [0.1, 0.15) is 12.2 Å². The first kappa shape index (κ1) is 24.9. The van der Waals surface area contributed by atoms with Crippen LogP contribution < -0.4 is 5.69 Å². The number of halogens is 3. The lowest BCUT2D eigenvalue weighted by atomic mass is 9.62. The van der Waals surface area contributed by atoms with Crippen molar-refractivity contribution in [3.63, 3.8) is 0 Å². The summed E-state index contributed by atoms with van der Waals surface area (Å²) in [5.41, 5.74) is -0.434. The van der Waals surface area contributed by atoms with Gasteiger partial charge in [-0.1, -0.05) is 18.6 Å². The fraction of sp³-hybridized carbons (Fsp3) is 0.444. The van der Waals surface area contributed by atoms with Crippen LogP contribution in [0.4, 0.5) is 13.2 Å². The van der Waals surface area contributed by atoms with E-state index >= 15 is 0 Å². The number of aliphatic hydroxyl groups excluding tert-OH is 1. The molecule has 1 aromatic carbocycles. The van der Waals surface area contributed by atoms with Crippen LogP contribution in [0.3, 0.4) is 0 Å². The number of hydrogen-bond donors (Lipinski definition) is 1. The van der Waals surface area contributed by atoms with Crippen molar-refractivity contribution in [2.75, 3.05) is 13.1 Å². The maximum absolute atomic E-state index is 14.1. The lowest BCUT2D eigenvalue weighted by Gasteiger charge is -2.44. The van der Waals surface area contributed by atoms with Gasteiger partial charge < -0.3 is 9.67 Å². The van der Waals surface area contributed by atoms with Gasteiger partial charge in [0, 0.05) is 26.0 Å². The van der Waals surface area contributed by atoms with Crippen molar-refractivity contribution in [3.05, 3.63) is 82.1 Å². The van der Waals surface area contributed by atoms with E-state index in [1.54, 1.807) is 29.1 Å². The summed E-state index contributed by atoms with van der Waals surface area (Å²) in [7, 11) is 1.83. The van der Waals surface area contributed by atoms with Crippen molar-refractivity contribution in [3.8, 4) is 5.69 Å². The molecule has 1 aliphatic carbocycles. The molecule has 11 heteroatoms. The fourth-order valence-corrected chi connectivity index (χ4v) is 6.08. The Kier molecular flexibility index (Phi) is 5.95. The number of imidazole rings is 1. The van der Waals surface area contributed by atoms with Crippen molar-refractivity contribution < 1.29 is 18.3 Å². The van der Waals surface area contributed by atoms with Gasteiger partial charge in [-0.15, -0.1) is 10.2 Å². The van der Waals surface area contributed by atoms with Gasteiger partial charge in [0.15, 0.2) is 0 Å². The van der Waals surface area contributed by atoms with Crippen molar-refractivity contribution in [1.82, 2.24) is 28.6 Å². The van der Waals surface area contributed by atoms with E-state index in [9.17, 15) is 23.1 Å². The third kappa shape index (κ3) is 4.14. The Morgan fingerprint density at radius 3 is 2.53 bits per heavy atom. The first-order valence-electron chi connectivity index (χ1n) is 12.9. The number of alkyl halides is 3. The highest BCUT2D eigenvalue weighted by molar-refractivity contribution is 5.58. The number of aromatic nitrogens is 5. The molecule has 1 saturated heterocycles. The highest BCUT2D eigenvalue weighted by atomic mass is 19.4. The van der Waals surface area contributed by atoms with Gasteiger partial charge in [0.25, 0.3) is 0 Å². The molecule has 38 heavy (non-hydrogen) atoms. The monoisotopic (exact) mass is 526 g/mol. The summed E-state index contributed by atoms with van der Waals surface area (Å²) in [6.45, 7) is 2.04. The first-order valence-corrected chi connectivity index (χ1v) is 12.9. The third-order valence-corrected chi connectivity index (χ3v) is 7.97. The molecule has 3 aromatic heterocycles. The predicted octanol–water partition coefficient (Wildman–Crippen LogP) is 3.66. The Morgan fingerprint density at radius 2 is 1.87 bits per heavy atom. The minimum absolute atomic E-state index is 0.183. The topological polar surface area (TPSA) is 80.6 Å². The van der Waals surface area contributed by atoms with E-state index in [4.69, 9.17) is 0 Å². The summed E-state index contributed by atoms with van der Waals surface area (Å²) in [4.78, 5) is 15.6. The smallest absolute Gasteiger partial charge is 0.393 e. The summed E-state index contributed by atoms with van der Waals surface area (Å²) in [6.07, 6.45) is 3.33. The third-order valence-electron chi connectivity index (χ3n) is 7.97. The van der Waals surface area contributed by atoms with Crippen LogP contribution in [-0.2, 0) is 25.2 Å². The minimum Gasteiger partial charge on any atom is -0.393 e. The lowest BCUT2D eigenvalue weighted by molar-refractivity contribution is -0.136. The molecule has 0 spiro atoms. The van der Waals surface area contributed by atoms with E-state index in [1.807, 2.05) is 13.1 Å². The van der Waals surface area contributed by atoms with Gasteiger partial charge in [-0.05, 0) is 68.1 Å². The van der Waals surface area contributed by atoms with Crippen LogP contribution >= 0.6 is 0 Å². The summed E-state index contributed by atoms with van der Waals surface area (Å²) in [6, 6.07) is 8.33. The number of aliphatic hydroxyl groups is 1. The molecular formula is C27H29F3N6O2. The molecule has 0 radical (unpaired) electrons. The number of fused-ring (bicyclic) bond motifs is 1. The summed E-state index contributed by atoms with van der Waals surface area (Å²) in [5.74, 6) is 0.691. The molecule has 4 heterocycles. The van der Waals surface area contributed by atoms with Gasteiger partial charge in [-0.2, -0.15) is 13.2 Å². The van der Waals surface area contributed by atoms with E-state index in [2.05, 4.69) is 15.1 Å². The lowest BCUT2D eigenvalue weighted by Crippen LogP contribution is -2.47. The number of likely N-dealkylation sites (tertiary alicyclic amines) is 1. The molecule has 2 fully saturated rings. The van der Waals surface area contributed by atoms with Crippen molar-refractivity contribution in [1.29, 1.82) is 0 Å². The van der Waals surface area contributed by atoms with Gasteiger partial charge in [-0.3, -0.25) is 13.9 Å². The molecule has 1 saturated carbocycles. The van der Waals surface area contributed by atoms with Gasteiger partial charge in [-0.25, -0.2) is 4.79 Å². The molecule has 0 bridgehead atoms. The number of benzene rings is 1. The first-order chi connectivity index (χ1) is 18.2. The average Bonchev–Trinajstić information content (AvgIpc) is 3.45. The Morgan fingerprint density at radius 1 is 1.11 bits per heavy atom. The van der Waals surface area contributed by atoms with Crippen LogP contribution in [0.2, 0.25) is 0 Å². The molecule has 1 aliphatic heterocycles. The molecule has 0 unspecified atom stereocenters. The zero-order valence-corrected chi connectivity index (χ0v) is 21.0. The second-order valence-corrected chi connectivity index (χ2v) is 10.6. The number of pyridine rings is 1. The number of rotatable bonds is 5. The van der Waals surface area contributed by atoms with Crippen LogP contribution in [-0.4, -0.2) is 52.9 Å². The zero-order chi connectivity index (χ0) is 26.7. The molecule has 8 nitrogen and oxygen atoms in total. The second kappa shape index (κ2) is 9.09. The Bertz CT molecular complexity index is 1540. The minimum atomic E-state index is -4.61. The highest BCUT2D eigenvalue weighted by Crippen LogP contribution is 2.48. The summed E-state index contributed by atoms with van der Waals surface area (Å²) < 4.78 is 46.6. The Balaban J connectivity index is 1.45. The Hall–Kier alpha value is -3.44. The quantitative estimate of drug-likeness (QED) is 0.429. The van der Waals surface area contributed by atoms with Gasteiger partial charge in [0.2, 0.25) is 0 Å². The van der Waals surface area contributed by atoms with Crippen LogP contribution in [0.25, 0.3) is 11.2 Å². The largest absolute Gasteiger partial charge is 0.418 e. The van der Waals surface area contributed by atoms with Crippen molar-refractivity contribution in [2.24, 2.45) is 7.05 Å². The van der Waals surface area contributed by atoms with E-state index in [-0.39, 0.29) is 5.52 Å². The summed E-state index contributed by atoms with van der Waals surface area (Å²) >= 11 is 0. The molecular weight excluding hydrogens is 497 g/mol. The Labute approximate surface area is 217 Å². The predicted molar refractivity (Wildman–Crippen MR) is 134 cm³/mol. The maximum atomic E-state index is 14.1. The fourth-order valence-electron chi connectivity index (χ4n) is 6.08. The number of nitrogens with zero attached hydrogens (tertiary/aromatic N) is 6. The number of aryl methyl sites for hydroxylation is 1. The number of piperidine rings is 1. The molecule has 0 atom stereocenters. The van der Waals surface area contributed by atoms with Gasteiger partial charge >= 0.3 is 11.9 Å². The SMILES string of the molecule is Cn1cnnc1C1(c2cccc(-n3cc4c(C(F)(F)F)cc(CN5CCCCC5)cn4c3=O)c2)CC(O)C1. The van der Waals surface area contributed by atoms with E-state index < -0.39 is 28.9 Å². The molecule has 0 amide bonds. The van der Waals surface area contributed by atoms with Crippen molar-refractivity contribution in [2.45, 2.75) is 56.3 Å². The van der Waals surface area contributed by atoms with Crippen LogP contribution in [0, 0.1) is 0 Å². The second-order valence-electron chi connectivity index (χ2n) is 10.6. The normalized spacial score (nSPS) is 22.6. The average molecular weight is 527 g/mol. The summed E-state index contributed by atoms with van der Waals surface area (Å²) in [5, 5.41) is 18.4. The molecule has 6 rings (SSSR count). The maximum Gasteiger partial charge on any atom is 0.418 e. The van der Waals surface area contributed by atoms with Crippen LogP contribution in [0.5, 0.6) is 0 Å². The van der Waals surface area contributed by atoms with E-state index in [1.165, 1.54) is 23.0 Å². The van der Waals surface area contributed by atoms with Crippen molar-refractivity contribution >= 4 is 5.52 Å².